The highest BCUT2D eigenvalue weighted by atomic mass is 35.5. The Morgan fingerprint density at radius 2 is 2.06 bits per heavy atom. The van der Waals surface area contributed by atoms with E-state index in [1.54, 1.807) is 7.11 Å². The van der Waals surface area contributed by atoms with Crippen LogP contribution in [0.5, 0.6) is 0 Å². The number of benzene rings is 1. The maximum absolute atomic E-state index is 6.12. The van der Waals surface area contributed by atoms with Crippen molar-refractivity contribution in [2.24, 2.45) is 5.92 Å². The summed E-state index contributed by atoms with van der Waals surface area (Å²) in [6.07, 6.45) is 3.09. The largest absolute Gasteiger partial charge is 0.385 e. The molecule has 0 aromatic heterocycles. The van der Waals surface area contributed by atoms with Gasteiger partial charge in [-0.15, -0.1) is 11.6 Å². The molecule has 0 amide bonds. The van der Waals surface area contributed by atoms with E-state index in [4.69, 9.17) is 27.9 Å². The third kappa shape index (κ3) is 4.73. The van der Waals surface area contributed by atoms with Crippen molar-refractivity contribution in [1.29, 1.82) is 0 Å². The fourth-order valence-corrected chi connectivity index (χ4v) is 2.20. The summed E-state index contributed by atoms with van der Waals surface area (Å²) in [5, 5.41) is 0.837. The van der Waals surface area contributed by atoms with E-state index in [2.05, 4.69) is 6.07 Å². The average molecular weight is 261 g/mol. The van der Waals surface area contributed by atoms with Crippen LogP contribution in [-0.2, 0) is 11.2 Å². The molecular formula is C13H18Cl2O. The zero-order valence-corrected chi connectivity index (χ0v) is 11.1. The average Bonchev–Trinajstić information content (AvgIpc) is 2.30. The highest BCUT2D eigenvalue weighted by Gasteiger charge is 2.10. The molecule has 0 aliphatic rings. The van der Waals surface area contributed by atoms with Gasteiger partial charge in [-0.3, -0.25) is 0 Å². The Kier molecular flexibility index (Phi) is 6.86. The molecule has 0 fully saturated rings. The van der Waals surface area contributed by atoms with E-state index >= 15 is 0 Å². The standard InChI is InChI=1S/C13H18Cl2O/c1-16-8-4-5-11(10-14)9-12-6-2-3-7-13(12)15/h2-3,6-7,11H,4-5,8-10H2,1H3. The fraction of sp³-hybridized carbons (Fsp3) is 0.538. The van der Waals surface area contributed by atoms with Crippen LogP contribution in [0.1, 0.15) is 18.4 Å². The predicted octanol–water partition coefficient (Wildman–Crippen LogP) is 4.16. The van der Waals surface area contributed by atoms with E-state index in [-0.39, 0.29) is 0 Å². The van der Waals surface area contributed by atoms with Crippen LogP contribution < -0.4 is 0 Å². The molecule has 0 spiro atoms. The Bertz CT molecular complexity index is 302. The number of alkyl halides is 1. The minimum atomic E-state index is 0.483. The predicted molar refractivity (Wildman–Crippen MR) is 70.5 cm³/mol. The summed E-state index contributed by atoms with van der Waals surface area (Å²) in [6, 6.07) is 7.96. The molecule has 0 bridgehead atoms. The Balaban J connectivity index is 2.46. The molecule has 1 nitrogen and oxygen atoms in total. The molecule has 3 heteroatoms. The molecule has 90 valence electrons. The first kappa shape index (κ1) is 13.8. The van der Waals surface area contributed by atoms with Gasteiger partial charge >= 0.3 is 0 Å². The summed E-state index contributed by atoms with van der Waals surface area (Å²) in [6.45, 7) is 0.801. The van der Waals surface area contributed by atoms with Crippen LogP contribution in [0.25, 0.3) is 0 Å². The second-order valence-electron chi connectivity index (χ2n) is 3.95. The molecule has 0 saturated carbocycles. The maximum Gasteiger partial charge on any atom is 0.0462 e. The highest BCUT2D eigenvalue weighted by molar-refractivity contribution is 6.31. The van der Waals surface area contributed by atoms with Gasteiger partial charge in [0.2, 0.25) is 0 Å². The van der Waals surface area contributed by atoms with E-state index in [1.165, 1.54) is 5.56 Å². The summed E-state index contributed by atoms with van der Waals surface area (Å²) in [5.41, 5.74) is 1.19. The second-order valence-corrected chi connectivity index (χ2v) is 4.67. The van der Waals surface area contributed by atoms with E-state index < -0.39 is 0 Å². The molecule has 1 aromatic rings. The summed E-state index contributed by atoms with van der Waals surface area (Å²) in [7, 11) is 1.73. The molecule has 0 saturated heterocycles. The van der Waals surface area contributed by atoms with Crippen molar-refractivity contribution in [2.75, 3.05) is 19.6 Å². The third-order valence-corrected chi connectivity index (χ3v) is 3.45. The summed E-state index contributed by atoms with van der Waals surface area (Å²) in [4.78, 5) is 0. The first-order valence-corrected chi connectivity index (χ1v) is 6.47. The van der Waals surface area contributed by atoms with Gasteiger partial charge in [-0.2, -0.15) is 0 Å². The lowest BCUT2D eigenvalue weighted by molar-refractivity contribution is 0.188. The van der Waals surface area contributed by atoms with Crippen LogP contribution in [-0.4, -0.2) is 19.6 Å². The Morgan fingerprint density at radius 3 is 2.69 bits per heavy atom. The van der Waals surface area contributed by atoms with Crippen LogP contribution in [0, 0.1) is 5.92 Å². The molecule has 0 radical (unpaired) electrons. The molecule has 0 N–H and O–H groups in total. The second kappa shape index (κ2) is 7.94. The van der Waals surface area contributed by atoms with Crippen LogP contribution in [0.2, 0.25) is 5.02 Å². The van der Waals surface area contributed by atoms with Crippen LogP contribution in [0.15, 0.2) is 24.3 Å². The molecule has 1 aromatic carbocycles. The smallest absolute Gasteiger partial charge is 0.0462 e. The summed E-state index contributed by atoms with van der Waals surface area (Å²) >= 11 is 12.1. The zero-order chi connectivity index (χ0) is 11.8. The molecular weight excluding hydrogens is 243 g/mol. The van der Waals surface area contributed by atoms with Gasteiger partial charge in [0.05, 0.1) is 0 Å². The summed E-state index contributed by atoms with van der Waals surface area (Å²) in [5.74, 6) is 1.16. The van der Waals surface area contributed by atoms with Gasteiger partial charge in [0.15, 0.2) is 0 Å². The number of halogens is 2. The van der Waals surface area contributed by atoms with Crippen molar-refractivity contribution in [1.82, 2.24) is 0 Å². The van der Waals surface area contributed by atoms with Crippen LogP contribution in [0.3, 0.4) is 0 Å². The topological polar surface area (TPSA) is 9.23 Å². The van der Waals surface area contributed by atoms with Crippen molar-refractivity contribution >= 4 is 23.2 Å². The van der Waals surface area contributed by atoms with Gasteiger partial charge in [0, 0.05) is 24.6 Å². The quantitative estimate of drug-likeness (QED) is 0.529. The lowest BCUT2D eigenvalue weighted by atomic mass is 9.96. The number of hydrogen-bond donors (Lipinski definition) is 0. The number of ether oxygens (including phenoxy) is 1. The zero-order valence-electron chi connectivity index (χ0n) is 9.59. The first-order valence-electron chi connectivity index (χ1n) is 5.56. The van der Waals surface area contributed by atoms with E-state index in [1.807, 2.05) is 18.2 Å². The molecule has 0 heterocycles. The summed E-state index contributed by atoms with van der Waals surface area (Å²) < 4.78 is 5.04. The lowest BCUT2D eigenvalue weighted by Crippen LogP contribution is -2.08. The minimum absolute atomic E-state index is 0.483. The number of hydrogen-bond acceptors (Lipinski definition) is 1. The van der Waals surface area contributed by atoms with Gasteiger partial charge in [-0.05, 0) is 36.8 Å². The molecule has 1 unspecified atom stereocenters. The van der Waals surface area contributed by atoms with Crippen molar-refractivity contribution in [3.63, 3.8) is 0 Å². The van der Waals surface area contributed by atoms with Gasteiger partial charge < -0.3 is 4.74 Å². The van der Waals surface area contributed by atoms with E-state index in [0.717, 1.165) is 30.9 Å². The Morgan fingerprint density at radius 1 is 1.31 bits per heavy atom. The molecule has 0 aliphatic heterocycles. The Hall–Kier alpha value is -0.240. The molecule has 1 atom stereocenters. The molecule has 1 rings (SSSR count). The SMILES string of the molecule is COCCCC(CCl)Cc1ccccc1Cl. The van der Waals surface area contributed by atoms with E-state index in [9.17, 15) is 0 Å². The maximum atomic E-state index is 6.12. The van der Waals surface area contributed by atoms with Gasteiger partial charge in [-0.1, -0.05) is 29.8 Å². The highest BCUT2D eigenvalue weighted by Crippen LogP contribution is 2.22. The van der Waals surface area contributed by atoms with Crippen LogP contribution >= 0.6 is 23.2 Å². The van der Waals surface area contributed by atoms with Crippen molar-refractivity contribution < 1.29 is 4.74 Å². The third-order valence-electron chi connectivity index (χ3n) is 2.65. The molecule has 0 aliphatic carbocycles. The van der Waals surface area contributed by atoms with Crippen molar-refractivity contribution in [3.05, 3.63) is 34.9 Å². The monoisotopic (exact) mass is 260 g/mol. The normalized spacial score (nSPS) is 12.7. The van der Waals surface area contributed by atoms with Gasteiger partial charge in [0.25, 0.3) is 0 Å². The molecule has 16 heavy (non-hydrogen) atoms. The lowest BCUT2D eigenvalue weighted by Gasteiger charge is -2.14. The Labute approximate surface area is 108 Å². The van der Waals surface area contributed by atoms with Gasteiger partial charge in [-0.25, -0.2) is 0 Å². The number of rotatable bonds is 7. The fourth-order valence-electron chi connectivity index (χ4n) is 1.73. The number of methoxy groups -OCH3 is 1. The van der Waals surface area contributed by atoms with Crippen molar-refractivity contribution in [2.45, 2.75) is 19.3 Å². The van der Waals surface area contributed by atoms with Gasteiger partial charge in [0.1, 0.15) is 0 Å². The van der Waals surface area contributed by atoms with Crippen molar-refractivity contribution in [3.8, 4) is 0 Å². The van der Waals surface area contributed by atoms with Crippen LogP contribution in [0.4, 0.5) is 0 Å². The first-order chi connectivity index (χ1) is 7.77. The minimum Gasteiger partial charge on any atom is -0.385 e. The van der Waals surface area contributed by atoms with E-state index in [0.29, 0.717) is 11.8 Å².